The number of rotatable bonds is 12. The summed E-state index contributed by atoms with van der Waals surface area (Å²) >= 11 is 0. The molecule has 0 bridgehead atoms. The summed E-state index contributed by atoms with van der Waals surface area (Å²) in [5, 5.41) is 8.39. The van der Waals surface area contributed by atoms with Crippen LogP contribution in [0, 0.1) is 0 Å². The van der Waals surface area contributed by atoms with Crippen molar-refractivity contribution in [2.75, 3.05) is 52.9 Å². The standard InChI is InChI=1S/C9H18O6/c10-1-2-12-3-4-13-5-6-14-7-8-15-9-11/h9-10H,1-8H2. The quantitative estimate of drug-likeness (QED) is 0.344. The Kier molecular flexibility index (Phi) is 12.7. The van der Waals surface area contributed by atoms with Crippen LogP contribution in [0.25, 0.3) is 0 Å². The molecule has 0 aromatic heterocycles. The van der Waals surface area contributed by atoms with E-state index in [2.05, 4.69) is 4.74 Å². The van der Waals surface area contributed by atoms with E-state index >= 15 is 0 Å². The molecule has 6 heteroatoms. The first-order valence-electron chi connectivity index (χ1n) is 4.81. The minimum Gasteiger partial charge on any atom is -0.465 e. The molecule has 0 aliphatic rings. The number of aliphatic hydroxyl groups excluding tert-OH is 1. The fraction of sp³-hybridized carbons (Fsp3) is 0.889. The highest BCUT2D eigenvalue weighted by molar-refractivity contribution is 5.36. The smallest absolute Gasteiger partial charge is 0.293 e. The van der Waals surface area contributed by atoms with Crippen molar-refractivity contribution in [3.05, 3.63) is 0 Å². The van der Waals surface area contributed by atoms with Crippen molar-refractivity contribution >= 4 is 6.47 Å². The van der Waals surface area contributed by atoms with Crippen molar-refractivity contribution in [2.24, 2.45) is 0 Å². The van der Waals surface area contributed by atoms with Crippen molar-refractivity contribution in [1.29, 1.82) is 0 Å². The van der Waals surface area contributed by atoms with Crippen molar-refractivity contribution in [3.8, 4) is 0 Å². The zero-order valence-corrected chi connectivity index (χ0v) is 8.72. The van der Waals surface area contributed by atoms with E-state index in [0.29, 0.717) is 46.1 Å². The maximum Gasteiger partial charge on any atom is 0.293 e. The van der Waals surface area contributed by atoms with E-state index in [1.807, 2.05) is 0 Å². The topological polar surface area (TPSA) is 74.2 Å². The summed E-state index contributed by atoms with van der Waals surface area (Å²) in [5.74, 6) is 0. The van der Waals surface area contributed by atoms with Gasteiger partial charge in [0.05, 0.1) is 46.2 Å². The molecule has 0 aliphatic heterocycles. The van der Waals surface area contributed by atoms with Crippen LogP contribution in [0.15, 0.2) is 0 Å². The van der Waals surface area contributed by atoms with Crippen molar-refractivity contribution in [2.45, 2.75) is 0 Å². The van der Waals surface area contributed by atoms with Crippen LogP contribution in [0.4, 0.5) is 0 Å². The van der Waals surface area contributed by atoms with Gasteiger partial charge in [0.25, 0.3) is 6.47 Å². The van der Waals surface area contributed by atoms with Gasteiger partial charge in [0.1, 0.15) is 6.61 Å². The fourth-order valence-corrected chi connectivity index (χ4v) is 0.762. The van der Waals surface area contributed by atoms with Gasteiger partial charge in [-0.15, -0.1) is 0 Å². The highest BCUT2D eigenvalue weighted by Gasteiger charge is 1.91. The van der Waals surface area contributed by atoms with Crippen LogP contribution < -0.4 is 0 Å². The molecule has 0 heterocycles. The van der Waals surface area contributed by atoms with Crippen LogP contribution in [0.2, 0.25) is 0 Å². The molecular weight excluding hydrogens is 204 g/mol. The van der Waals surface area contributed by atoms with Crippen LogP contribution in [0.3, 0.4) is 0 Å². The summed E-state index contributed by atoms with van der Waals surface area (Å²) in [6.07, 6.45) is 0. The van der Waals surface area contributed by atoms with Crippen LogP contribution >= 0.6 is 0 Å². The normalized spacial score (nSPS) is 10.2. The number of aliphatic hydroxyl groups is 1. The molecule has 0 amide bonds. The summed E-state index contributed by atoms with van der Waals surface area (Å²) in [4.78, 5) is 9.73. The Morgan fingerprint density at radius 3 is 1.73 bits per heavy atom. The molecule has 0 radical (unpaired) electrons. The van der Waals surface area contributed by atoms with Gasteiger partial charge in [-0.2, -0.15) is 0 Å². The Morgan fingerprint density at radius 1 is 0.800 bits per heavy atom. The first-order valence-corrected chi connectivity index (χ1v) is 4.81. The Bertz CT molecular complexity index is 130. The lowest BCUT2D eigenvalue weighted by molar-refractivity contribution is -0.130. The fourth-order valence-electron chi connectivity index (χ4n) is 0.762. The van der Waals surface area contributed by atoms with Gasteiger partial charge in [0.2, 0.25) is 0 Å². The summed E-state index contributed by atoms with van der Waals surface area (Å²) in [5.41, 5.74) is 0. The van der Waals surface area contributed by atoms with Crippen molar-refractivity contribution < 1.29 is 28.8 Å². The maximum atomic E-state index is 9.73. The molecule has 0 rings (SSSR count). The monoisotopic (exact) mass is 222 g/mol. The SMILES string of the molecule is O=COCCOCCOCCOCCO. The van der Waals surface area contributed by atoms with E-state index in [-0.39, 0.29) is 13.2 Å². The average molecular weight is 222 g/mol. The Balaban J connectivity index is 2.83. The van der Waals surface area contributed by atoms with Crippen LogP contribution in [0.1, 0.15) is 0 Å². The van der Waals surface area contributed by atoms with Gasteiger partial charge in [-0.05, 0) is 0 Å². The zero-order chi connectivity index (χ0) is 11.2. The number of hydrogen-bond acceptors (Lipinski definition) is 6. The second kappa shape index (κ2) is 13.3. The van der Waals surface area contributed by atoms with E-state index in [9.17, 15) is 4.79 Å². The molecule has 0 saturated carbocycles. The first kappa shape index (κ1) is 14.3. The number of carbonyl (C=O) groups excluding carboxylic acids is 1. The minimum absolute atomic E-state index is 0.0276. The maximum absolute atomic E-state index is 9.73. The predicted molar refractivity (Wildman–Crippen MR) is 51.6 cm³/mol. The van der Waals surface area contributed by atoms with Crippen LogP contribution in [-0.2, 0) is 23.7 Å². The summed E-state index contributed by atoms with van der Waals surface area (Å²) < 4.78 is 19.6. The summed E-state index contributed by atoms with van der Waals surface area (Å²) in [7, 11) is 0. The van der Waals surface area contributed by atoms with Gasteiger partial charge >= 0.3 is 0 Å². The third-order valence-corrected chi connectivity index (χ3v) is 1.39. The zero-order valence-electron chi connectivity index (χ0n) is 8.72. The second-order valence-corrected chi connectivity index (χ2v) is 2.53. The lowest BCUT2D eigenvalue weighted by atomic mass is 10.7. The largest absolute Gasteiger partial charge is 0.465 e. The summed E-state index contributed by atoms with van der Waals surface area (Å²) in [6, 6.07) is 0. The molecule has 0 unspecified atom stereocenters. The molecule has 6 nitrogen and oxygen atoms in total. The lowest BCUT2D eigenvalue weighted by Crippen LogP contribution is -2.12. The Morgan fingerprint density at radius 2 is 1.27 bits per heavy atom. The molecule has 0 fully saturated rings. The molecule has 0 aliphatic carbocycles. The highest BCUT2D eigenvalue weighted by atomic mass is 16.6. The Hall–Kier alpha value is -0.690. The first-order chi connectivity index (χ1) is 7.41. The van der Waals surface area contributed by atoms with Gasteiger partial charge in [0, 0.05) is 0 Å². The van der Waals surface area contributed by atoms with Crippen molar-refractivity contribution in [3.63, 3.8) is 0 Å². The lowest BCUT2D eigenvalue weighted by Gasteiger charge is -2.05. The van der Waals surface area contributed by atoms with Gasteiger partial charge in [-0.3, -0.25) is 4.79 Å². The highest BCUT2D eigenvalue weighted by Crippen LogP contribution is 1.81. The van der Waals surface area contributed by atoms with E-state index in [0.717, 1.165) is 0 Å². The Labute approximate surface area is 89.1 Å². The average Bonchev–Trinajstić information content (AvgIpc) is 2.26. The van der Waals surface area contributed by atoms with Crippen LogP contribution in [0.5, 0.6) is 0 Å². The molecule has 1 N–H and O–H groups in total. The molecule has 90 valence electrons. The van der Waals surface area contributed by atoms with Gasteiger partial charge in [0.15, 0.2) is 0 Å². The molecule has 0 aromatic rings. The van der Waals surface area contributed by atoms with Gasteiger partial charge < -0.3 is 24.1 Å². The van der Waals surface area contributed by atoms with Crippen LogP contribution in [-0.4, -0.2) is 64.4 Å². The molecule has 0 saturated heterocycles. The molecule has 0 spiro atoms. The van der Waals surface area contributed by atoms with Crippen molar-refractivity contribution in [1.82, 2.24) is 0 Å². The minimum atomic E-state index is 0.0276. The third-order valence-electron chi connectivity index (χ3n) is 1.39. The molecule has 0 atom stereocenters. The van der Waals surface area contributed by atoms with Gasteiger partial charge in [-0.25, -0.2) is 0 Å². The molecule has 15 heavy (non-hydrogen) atoms. The molecular formula is C9H18O6. The predicted octanol–water partition coefficient (Wildman–Crippen LogP) is -0.798. The van der Waals surface area contributed by atoms with E-state index < -0.39 is 0 Å². The molecule has 0 aromatic carbocycles. The van der Waals surface area contributed by atoms with E-state index in [1.54, 1.807) is 0 Å². The number of carbonyl (C=O) groups is 1. The summed E-state index contributed by atoms with van der Waals surface area (Å²) in [6.45, 7) is 3.28. The third kappa shape index (κ3) is 13.3. The number of hydrogen-bond donors (Lipinski definition) is 1. The second-order valence-electron chi connectivity index (χ2n) is 2.53. The number of ether oxygens (including phenoxy) is 4. The van der Waals surface area contributed by atoms with E-state index in [4.69, 9.17) is 19.3 Å². The van der Waals surface area contributed by atoms with E-state index in [1.165, 1.54) is 0 Å². The van der Waals surface area contributed by atoms with Gasteiger partial charge in [-0.1, -0.05) is 0 Å².